The van der Waals surface area contributed by atoms with E-state index in [0.717, 1.165) is 67.8 Å². The van der Waals surface area contributed by atoms with Gasteiger partial charge in [0.1, 0.15) is 17.3 Å². The number of benzene rings is 2. The number of halogens is 3. The fourth-order valence-corrected chi connectivity index (χ4v) is 8.97. The lowest BCUT2D eigenvalue weighted by atomic mass is 9.59. The van der Waals surface area contributed by atoms with Crippen LogP contribution in [0.5, 0.6) is 0 Å². The minimum atomic E-state index is -1.14. The number of rotatable bonds is 7. The number of hydrogen-bond donors (Lipinski definition) is 1. The lowest BCUT2D eigenvalue weighted by Crippen LogP contribution is -2.50. The molecule has 2 aliphatic heterocycles. The number of hydrogen-bond acceptors (Lipinski definition) is 7. The molecule has 2 atom stereocenters. The zero-order valence-electron chi connectivity index (χ0n) is 21.9. The minimum Gasteiger partial charge on any atom is -0.476 e. The maximum Gasteiger partial charge on any atom is 0.356 e. The normalized spacial score (nSPS) is 26.8. The van der Waals surface area contributed by atoms with Gasteiger partial charge in [0.15, 0.2) is 5.69 Å². The second-order valence-electron chi connectivity index (χ2n) is 11.9. The number of nitrogens with zero attached hydrogens (tertiary/aromatic N) is 3. The second kappa shape index (κ2) is 9.39. The van der Waals surface area contributed by atoms with Crippen molar-refractivity contribution in [3.63, 3.8) is 0 Å². The first-order chi connectivity index (χ1) is 19.8. The van der Waals surface area contributed by atoms with E-state index in [9.17, 15) is 9.90 Å². The van der Waals surface area contributed by atoms with Crippen molar-refractivity contribution in [1.82, 2.24) is 9.53 Å². The molecule has 4 fully saturated rings. The summed E-state index contributed by atoms with van der Waals surface area (Å²) in [6.45, 7) is 0.382. The summed E-state index contributed by atoms with van der Waals surface area (Å²) in [6.07, 6.45) is 7.15. The lowest BCUT2D eigenvalue weighted by molar-refractivity contribution is -0.0968. The zero-order chi connectivity index (χ0) is 28.0. The van der Waals surface area contributed by atoms with Crippen LogP contribution in [0.15, 0.2) is 34.9 Å². The Morgan fingerprint density at radius 3 is 2.68 bits per heavy atom. The van der Waals surface area contributed by atoms with Crippen LogP contribution in [0.1, 0.15) is 72.7 Å². The highest BCUT2D eigenvalue weighted by molar-refractivity contribution is 7.13. The highest BCUT2D eigenvalue weighted by Crippen LogP contribution is 2.62. The average molecular weight is 615 g/mol. The van der Waals surface area contributed by atoms with Crippen molar-refractivity contribution in [3.05, 3.63) is 63.2 Å². The molecule has 2 saturated heterocycles. The van der Waals surface area contributed by atoms with E-state index < -0.39 is 5.97 Å². The fourth-order valence-electron chi connectivity index (χ4n) is 7.61. The summed E-state index contributed by atoms with van der Waals surface area (Å²) in [4.78, 5) is 13.7. The predicted molar refractivity (Wildman–Crippen MR) is 155 cm³/mol. The van der Waals surface area contributed by atoms with E-state index in [4.69, 9.17) is 32.5 Å². The van der Waals surface area contributed by atoms with Crippen LogP contribution in [-0.2, 0) is 11.3 Å². The smallest absolute Gasteiger partial charge is 0.356 e. The molecule has 2 aromatic carbocycles. The van der Waals surface area contributed by atoms with Crippen molar-refractivity contribution in [3.8, 4) is 11.3 Å². The number of aromatic nitrogens is 2. The van der Waals surface area contributed by atoms with Crippen molar-refractivity contribution >= 4 is 56.5 Å². The van der Waals surface area contributed by atoms with Crippen LogP contribution >= 0.6 is 34.7 Å². The summed E-state index contributed by atoms with van der Waals surface area (Å²) < 4.78 is 32.4. The molecule has 212 valence electrons. The van der Waals surface area contributed by atoms with Gasteiger partial charge in [-0.25, -0.2) is 9.18 Å². The SMILES string of the molecule is O=C(O)c1nsc2cc(N3C4CCC3C3(CC(OCc5c(-c6c(Cl)cccc6Cl)noc5C5CC5)C3)C4)c(F)cc12. The van der Waals surface area contributed by atoms with Gasteiger partial charge in [0.2, 0.25) is 0 Å². The summed E-state index contributed by atoms with van der Waals surface area (Å²) in [5, 5.41) is 15.2. The van der Waals surface area contributed by atoms with Crippen molar-refractivity contribution in [1.29, 1.82) is 0 Å². The van der Waals surface area contributed by atoms with Gasteiger partial charge in [0.05, 0.1) is 33.1 Å². The van der Waals surface area contributed by atoms with E-state index >= 15 is 4.39 Å². The molecular formula is C30H26Cl2FN3O4S. The van der Waals surface area contributed by atoms with Crippen LogP contribution in [-0.4, -0.2) is 38.8 Å². The summed E-state index contributed by atoms with van der Waals surface area (Å²) in [7, 11) is 0. The van der Waals surface area contributed by atoms with Crippen molar-refractivity contribution in [2.75, 3.05) is 4.90 Å². The van der Waals surface area contributed by atoms with Gasteiger partial charge < -0.3 is 19.3 Å². The fraction of sp³-hybridized carbons (Fsp3) is 0.433. The molecule has 0 amide bonds. The number of anilines is 1. The van der Waals surface area contributed by atoms with Gasteiger partial charge in [-0.3, -0.25) is 0 Å². The van der Waals surface area contributed by atoms with Crippen molar-refractivity contribution < 1.29 is 23.6 Å². The van der Waals surface area contributed by atoms with Crippen molar-refractivity contribution in [2.24, 2.45) is 5.41 Å². The van der Waals surface area contributed by atoms with Gasteiger partial charge in [0.25, 0.3) is 0 Å². The van der Waals surface area contributed by atoms with Crippen LogP contribution in [0.4, 0.5) is 10.1 Å². The second-order valence-corrected chi connectivity index (χ2v) is 13.6. The molecule has 1 spiro atoms. The van der Waals surface area contributed by atoms with Crippen LogP contribution in [0.2, 0.25) is 10.0 Å². The van der Waals surface area contributed by atoms with Gasteiger partial charge in [-0.1, -0.05) is 34.4 Å². The molecule has 4 aliphatic rings. The van der Waals surface area contributed by atoms with E-state index in [1.54, 1.807) is 18.2 Å². The highest BCUT2D eigenvalue weighted by atomic mass is 35.5. The van der Waals surface area contributed by atoms with Gasteiger partial charge in [-0.15, -0.1) is 0 Å². The van der Waals surface area contributed by atoms with Crippen LogP contribution in [0, 0.1) is 11.2 Å². The minimum absolute atomic E-state index is 0.0899. The number of ether oxygens (including phenoxy) is 1. The first-order valence-electron chi connectivity index (χ1n) is 14.0. The van der Waals surface area contributed by atoms with E-state index in [0.29, 0.717) is 49.6 Å². The summed E-state index contributed by atoms with van der Waals surface area (Å²) in [5.41, 5.74) is 2.83. The topological polar surface area (TPSA) is 88.7 Å². The summed E-state index contributed by atoms with van der Waals surface area (Å²) in [6, 6.07) is 9.06. The van der Waals surface area contributed by atoms with E-state index in [-0.39, 0.29) is 35.1 Å². The van der Waals surface area contributed by atoms with E-state index in [1.807, 2.05) is 6.07 Å². The monoisotopic (exact) mass is 613 g/mol. The Kier molecular flexibility index (Phi) is 5.94. The molecule has 41 heavy (non-hydrogen) atoms. The van der Waals surface area contributed by atoms with Crippen LogP contribution in [0.3, 0.4) is 0 Å². The van der Waals surface area contributed by atoms with Gasteiger partial charge in [0, 0.05) is 34.5 Å². The first kappa shape index (κ1) is 25.9. The maximum atomic E-state index is 15.4. The Labute approximate surface area is 249 Å². The maximum absolute atomic E-state index is 15.4. The number of aromatic carboxylic acids is 1. The molecule has 4 aromatic rings. The van der Waals surface area contributed by atoms with Crippen LogP contribution < -0.4 is 4.90 Å². The number of carboxylic acids is 1. The number of carbonyl (C=O) groups is 1. The molecule has 7 nitrogen and oxygen atoms in total. The Morgan fingerprint density at radius 1 is 1.17 bits per heavy atom. The number of carboxylic acid groups (broad SMARTS) is 1. The molecule has 11 heteroatoms. The van der Waals surface area contributed by atoms with E-state index in [1.165, 1.54) is 6.07 Å². The third-order valence-electron chi connectivity index (χ3n) is 9.57. The molecular weight excluding hydrogens is 588 g/mol. The Bertz CT molecular complexity index is 1690. The third kappa shape index (κ3) is 4.03. The molecule has 4 heterocycles. The number of fused-ring (bicyclic) bond motifs is 4. The lowest BCUT2D eigenvalue weighted by Gasteiger charge is -2.50. The average Bonchev–Trinajstić information content (AvgIpc) is 3.24. The first-order valence-corrected chi connectivity index (χ1v) is 15.5. The largest absolute Gasteiger partial charge is 0.476 e. The summed E-state index contributed by atoms with van der Waals surface area (Å²) in [5.74, 6) is -0.287. The molecule has 2 aromatic heterocycles. The molecule has 0 radical (unpaired) electrons. The highest BCUT2D eigenvalue weighted by Gasteiger charge is 2.61. The Balaban J connectivity index is 1.01. The van der Waals surface area contributed by atoms with Gasteiger partial charge >= 0.3 is 5.97 Å². The van der Waals surface area contributed by atoms with Gasteiger partial charge in [-0.2, -0.15) is 4.37 Å². The standard InChI is InChI=1S/C30H26Cl2FN3O4S/c31-19-2-1-3-20(32)25(19)26-18(28(40-34-26)14-4-5-14)13-39-16-11-30(12-16)10-15-6-7-24(30)36(15)22-9-23-17(8-21(22)33)27(29(37)38)35-41-23/h1-3,8-9,14-16,24H,4-7,10-13H2,(H,37,38). The van der Waals surface area contributed by atoms with E-state index in [2.05, 4.69) is 14.4 Å². The predicted octanol–water partition coefficient (Wildman–Crippen LogP) is 8.08. The van der Waals surface area contributed by atoms with Gasteiger partial charge in [-0.05, 0) is 86.2 Å². The molecule has 2 aliphatic carbocycles. The molecule has 8 rings (SSSR count). The third-order valence-corrected chi connectivity index (χ3v) is 11.0. The molecule has 2 unspecified atom stereocenters. The van der Waals surface area contributed by atoms with Crippen LogP contribution in [0.25, 0.3) is 21.3 Å². The zero-order valence-corrected chi connectivity index (χ0v) is 24.2. The van der Waals surface area contributed by atoms with Crippen molar-refractivity contribution in [2.45, 2.75) is 75.7 Å². The quantitative estimate of drug-likeness (QED) is 0.225. The Hall–Kier alpha value is -2.72. The molecule has 2 bridgehead atoms. The molecule has 2 saturated carbocycles. The molecule has 1 N–H and O–H groups in total. The Morgan fingerprint density at radius 2 is 1.95 bits per heavy atom. The summed E-state index contributed by atoms with van der Waals surface area (Å²) >= 11 is 14.1.